The van der Waals surface area contributed by atoms with Gasteiger partial charge < -0.3 is 14.2 Å². The van der Waals surface area contributed by atoms with Crippen LogP contribution in [0.15, 0.2) is 24.5 Å². The fraction of sp³-hybridized carbons (Fsp3) is 0.462. The Morgan fingerprint density at radius 1 is 1.50 bits per heavy atom. The van der Waals surface area contributed by atoms with E-state index in [1.807, 2.05) is 34.8 Å². The first kappa shape index (κ1) is 12.9. The maximum atomic E-state index is 12.5. The number of hydrogen-bond acceptors (Lipinski definition) is 4. The first-order valence-corrected chi connectivity index (χ1v) is 6.49. The van der Waals surface area contributed by atoms with Gasteiger partial charge in [0.05, 0.1) is 23.9 Å². The predicted octanol–water partition coefficient (Wildman–Crippen LogP) is 0.398. The van der Waals surface area contributed by atoms with E-state index in [9.17, 15) is 4.79 Å². The summed E-state index contributed by atoms with van der Waals surface area (Å²) in [4.78, 5) is 14.3. The Kier molecular flexibility index (Phi) is 3.27. The molecule has 0 radical (unpaired) electrons. The highest BCUT2D eigenvalue weighted by Crippen LogP contribution is 2.28. The third kappa shape index (κ3) is 2.09. The van der Waals surface area contributed by atoms with Crippen LogP contribution in [0.2, 0.25) is 0 Å². The third-order valence-corrected chi connectivity index (χ3v) is 3.83. The van der Waals surface area contributed by atoms with Gasteiger partial charge in [-0.05, 0) is 12.1 Å². The molecule has 1 N–H and O–H groups in total. The van der Waals surface area contributed by atoms with Gasteiger partial charge in [0.25, 0.3) is 5.91 Å². The highest BCUT2D eigenvalue weighted by atomic mass is 16.5. The number of likely N-dealkylation sites (tertiary alicyclic amines) is 1. The molecule has 7 nitrogen and oxygen atoms in total. The van der Waals surface area contributed by atoms with Crippen molar-refractivity contribution in [3.8, 4) is 0 Å². The Morgan fingerprint density at radius 2 is 2.35 bits per heavy atom. The lowest BCUT2D eigenvalue weighted by molar-refractivity contribution is 0.0706. The second-order valence-corrected chi connectivity index (χ2v) is 4.99. The predicted molar refractivity (Wildman–Crippen MR) is 71.2 cm³/mol. The van der Waals surface area contributed by atoms with E-state index in [0.29, 0.717) is 18.8 Å². The Morgan fingerprint density at radius 3 is 2.95 bits per heavy atom. The molecule has 0 saturated carbocycles. The number of hydrogen-bond donors (Lipinski definition) is 1. The van der Waals surface area contributed by atoms with Crippen molar-refractivity contribution in [3.05, 3.63) is 35.9 Å². The van der Waals surface area contributed by atoms with Crippen molar-refractivity contribution < 1.29 is 9.53 Å². The molecule has 0 spiro atoms. The number of rotatable bonds is 3. The van der Waals surface area contributed by atoms with Gasteiger partial charge in [0.2, 0.25) is 0 Å². The van der Waals surface area contributed by atoms with Crippen molar-refractivity contribution >= 4 is 5.91 Å². The number of aromatic nitrogens is 4. The molecule has 2 aromatic heterocycles. The molecule has 7 heteroatoms. The summed E-state index contributed by atoms with van der Waals surface area (Å²) < 4.78 is 7.32. The molecule has 1 fully saturated rings. The van der Waals surface area contributed by atoms with Crippen molar-refractivity contribution in [3.63, 3.8) is 0 Å². The lowest BCUT2D eigenvalue weighted by Crippen LogP contribution is -2.31. The van der Waals surface area contributed by atoms with E-state index in [1.54, 1.807) is 13.3 Å². The number of aryl methyl sites for hydroxylation is 1. The van der Waals surface area contributed by atoms with Crippen molar-refractivity contribution in [2.45, 2.75) is 12.0 Å². The number of carbonyl (C=O) groups is 1. The summed E-state index contributed by atoms with van der Waals surface area (Å²) in [5.74, 6) is 0.0773. The number of H-pyrrole nitrogens is 1. The Bertz CT molecular complexity index is 592. The molecule has 2 atom stereocenters. The molecule has 1 amide bonds. The standard InChI is InChI=1S/C13H17N5O2/c1-17-5-3-4-11(17)13(19)18-7-9(12(8-18)20-2)10-6-14-16-15-10/h3-6,9,12H,7-8H2,1-2H3,(H,14,15,16)/t9-,12+/m0/s1. The first-order chi connectivity index (χ1) is 9.70. The molecule has 0 unspecified atom stereocenters. The average Bonchev–Trinajstić information content (AvgIpc) is 3.17. The molecule has 0 aliphatic carbocycles. The summed E-state index contributed by atoms with van der Waals surface area (Å²) in [6.07, 6.45) is 3.50. The number of carbonyl (C=O) groups excluding carboxylic acids is 1. The molecule has 1 aliphatic rings. The van der Waals surface area contributed by atoms with Gasteiger partial charge in [-0.1, -0.05) is 0 Å². The van der Waals surface area contributed by atoms with Crippen LogP contribution in [0.1, 0.15) is 22.1 Å². The SMILES string of the molecule is CO[C@@H]1CN(C(=O)c2cccn2C)C[C@H]1c1cn[nH]n1. The highest BCUT2D eigenvalue weighted by molar-refractivity contribution is 5.93. The maximum absolute atomic E-state index is 12.5. The van der Waals surface area contributed by atoms with E-state index in [1.165, 1.54) is 0 Å². The zero-order valence-electron chi connectivity index (χ0n) is 11.5. The summed E-state index contributed by atoms with van der Waals surface area (Å²) in [7, 11) is 3.53. The van der Waals surface area contributed by atoms with Crippen LogP contribution >= 0.6 is 0 Å². The summed E-state index contributed by atoms with van der Waals surface area (Å²) in [5, 5.41) is 10.6. The zero-order valence-corrected chi connectivity index (χ0v) is 11.5. The Balaban J connectivity index is 1.80. The molecule has 20 heavy (non-hydrogen) atoms. The van der Waals surface area contributed by atoms with E-state index in [2.05, 4.69) is 15.4 Å². The second-order valence-electron chi connectivity index (χ2n) is 4.99. The molecule has 1 saturated heterocycles. The minimum absolute atomic E-state index is 0.0190. The summed E-state index contributed by atoms with van der Waals surface area (Å²) in [5.41, 5.74) is 1.51. The molecule has 3 heterocycles. The number of aromatic amines is 1. The van der Waals surface area contributed by atoms with Crippen LogP contribution in [-0.4, -0.2) is 57.1 Å². The average molecular weight is 275 g/mol. The fourth-order valence-electron chi connectivity index (χ4n) is 2.70. The molecular formula is C13H17N5O2. The zero-order chi connectivity index (χ0) is 14.1. The monoisotopic (exact) mass is 275 g/mol. The van der Waals surface area contributed by atoms with Gasteiger partial charge in [-0.15, -0.1) is 0 Å². The normalized spacial score (nSPS) is 22.4. The van der Waals surface area contributed by atoms with Gasteiger partial charge in [-0.2, -0.15) is 15.4 Å². The van der Waals surface area contributed by atoms with E-state index in [-0.39, 0.29) is 17.9 Å². The number of amides is 1. The van der Waals surface area contributed by atoms with Crippen LogP contribution in [0.5, 0.6) is 0 Å². The van der Waals surface area contributed by atoms with Crippen molar-refractivity contribution in [2.75, 3.05) is 20.2 Å². The number of ether oxygens (including phenoxy) is 1. The number of nitrogens with zero attached hydrogens (tertiary/aromatic N) is 4. The summed E-state index contributed by atoms with van der Waals surface area (Å²) in [6, 6.07) is 3.69. The lowest BCUT2D eigenvalue weighted by Gasteiger charge is -2.16. The van der Waals surface area contributed by atoms with E-state index >= 15 is 0 Å². The molecule has 2 aromatic rings. The van der Waals surface area contributed by atoms with Gasteiger partial charge in [0.15, 0.2) is 0 Å². The fourth-order valence-corrected chi connectivity index (χ4v) is 2.70. The van der Waals surface area contributed by atoms with Crippen LogP contribution in [0.3, 0.4) is 0 Å². The van der Waals surface area contributed by atoms with Gasteiger partial charge in [-0.25, -0.2) is 0 Å². The van der Waals surface area contributed by atoms with E-state index < -0.39 is 0 Å². The van der Waals surface area contributed by atoms with Crippen LogP contribution in [0.4, 0.5) is 0 Å². The lowest BCUT2D eigenvalue weighted by atomic mass is 10.0. The molecule has 3 rings (SSSR count). The minimum atomic E-state index is -0.0516. The minimum Gasteiger partial charge on any atom is -0.379 e. The topological polar surface area (TPSA) is 76.0 Å². The van der Waals surface area contributed by atoms with Gasteiger partial charge in [0.1, 0.15) is 5.69 Å². The summed E-state index contributed by atoms with van der Waals surface area (Å²) in [6.45, 7) is 1.16. The van der Waals surface area contributed by atoms with Gasteiger partial charge in [-0.3, -0.25) is 4.79 Å². The highest BCUT2D eigenvalue weighted by Gasteiger charge is 2.38. The van der Waals surface area contributed by atoms with E-state index in [0.717, 1.165) is 5.69 Å². The smallest absolute Gasteiger partial charge is 0.270 e. The van der Waals surface area contributed by atoms with Crippen LogP contribution in [0.25, 0.3) is 0 Å². The summed E-state index contributed by atoms with van der Waals surface area (Å²) >= 11 is 0. The molecule has 1 aliphatic heterocycles. The molecule has 0 bridgehead atoms. The third-order valence-electron chi connectivity index (χ3n) is 3.83. The molecule has 0 aromatic carbocycles. The molecular weight excluding hydrogens is 258 g/mol. The van der Waals surface area contributed by atoms with Gasteiger partial charge in [0, 0.05) is 33.4 Å². The van der Waals surface area contributed by atoms with Crippen molar-refractivity contribution in [1.82, 2.24) is 24.9 Å². The Labute approximate surface area is 116 Å². The Hall–Kier alpha value is -2.15. The number of methoxy groups -OCH3 is 1. The maximum Gasteiger partial charge on any atom is 0.270 e. The first-order valence-electron chi connectivity index (χ1n) is 6.49. The van der Waals surface area contributed by atoms with Crippen LogP contribution < -0.4 is 0 Å². The van der Waals surface area contributed by atoms with Crippen molar-refractivity contribution in [2.24, 2.45) is 7.05 Å². The van der Waals surface area contributed by atoms with Crippen LogP contribution in [0, 0.1) is 0 Å². The van der Waals surface area contributed by atoms with Crippen molar-refractivity contribution in [1.29, 1.82) is 0 Å². The molecule has 106 valence electrons. The quantitative estimate of drug-likeness (QED) is 0.879. The van der Waals surface area contributed by atoms with Gasteiger partial charge >= 0.3 is 0 Å². The second kappa shape index (κ2) is 5.09. The number of nitrogens with one attached hydrogen (secondary N) is 1. The van der Waals surface area contributed by atoms with E-state index in [4.69, 9.17) is 4.74 Å². The van der Waals surface area contributed by atoms with Crippen LogP contribution in [-0.2, 0) is 11.8 Å². The largest absolute Gasteiger partial charge is 0.379 e.